The minimum absolute atomic E-state index is 0.528. The van der Waals surface area contributed by atoms with Crippen molar-refractivity contribution >= 4 is 50.0 Å². The molecule has 0 bridgehead atoms. The summed E-state index contributed by atoms with van der Waals surface area (Å²) in [6.07, 6.45) is 0.675. The number of hydrogen-bond donors (Lipinski definition) is 0. The summed E-state index contributed by atoms with van der Waals surface area (Å²) in [5, 5.41) is 2.34. The van der Waals surface area contributed by atoms with Crippen molar-refractivity contribution < 1.29 is 0 Å². The van der Waals surface area contributed by atoms with Crippen LogP contribution in [0.1, 0.15) is 11.1 Å². The zero-order valence-electron chi connectivity index (χ0n) is 10.4. The number of fused-ring (bicyclic) bond motifs is 1. The van der Waals surface area contributed by atoms with E-state index in [1.54, 1.807) is 0 Å². The zero-order chi connectivity index (χ0) is 14.1. The molecule has 0 saturated carbocycles. The zero-order valence-corrected chi connectivity index (χ0v) is 13.5. The van der Waals surface area contributed by atoms with E-state index in [9.17, 15) is 0 Å². The first-order valence-electron chi connectivity index (χ1n) is 6.11. The van der Waals surface area contributed by atoms with Crippen molar-refractivity contribution in [3.05, 3.63) is 74.3 Å². The molecule has 4 heteroatoms. The van der Waals surface area contributed by atoms with Crippen LogP contribution < -0.4 is 0 Å². The first-order valence-corrected chi connectivity index (χ1v) is 7.66. The molecule has 0 unspecified atom stereocenters. The Hall–Kier alpha value is -1.09. The minimum atomic E-state index is 0.528. The van der Waals surface area contributed by atoms with E-state index in [0.717, 1.165) is 31.5 Å². The molecule has 0 aliphatic carbocycles. The van der Waals surface area contributed by atoms with Crippen LogP contribution in [0.5, 0.6) is 0 Å². The van der Waals surface area contributed by atoms with E-state index >= 15 is 0 Å². The molecular weight excluding hydrogens is 357 g/mol. The maximum absolute atomic E-state index is 6.28. The molecule has 1 nitrogen and oxygen atoms in total. The first-order chi connectivity index (χ1) is 9.63. The number of rotatable bonds is 2. The summed E-state index contributed by atoms with van der Waals surface area (Å²) in [5.41, 5.74) is 2.92. The van der Waals surface area contributed by atoms with E-state index in [2.05, 4.69) is 27.0 Å². The molecule has 2 aromatic carbocycles. The molecule has 0 amide bonds. The minimum Gasteiger partial charge on any atom is -0.236 e. The van der Waals surface area contributed by atoms with Crippen LogP contribution in [0, 0.1) is 0 Å². The molecule has 1 heterocycles. The average molecular weight is 367 g/mol. The second-order valence-corrected chi connectivity index (χ2v) is 6.22. The summed E-state index contributed by atoms with van der Waals surface area (Å²) in [6.45, 7) is 0. The van der Waals surface area contributed by atoms with Crippen molar-refractivity contribution in [3.8, 4) is 0 Å². The van der Waals surface area contributed by atoms with Gasteiger partial charge in [0.2, 0.25) is 0 Å². The van der Waals surface area contributed by atoms with Gasteiger partial charge >= 0.3 is 0 Å². The number of pyridine rings is 1. The molecule has 0 radical (unpaired) electrons. The lowest BCUT2D eigenvalue weighted by Crippen LogP contribution is -1.93. The molecule has 0 fully saturated rings. The van der Waals surface area contributed by atoms with E-state index < -0.39 is 0 Å². The van der Waals surface area contributed by atoms with Crippen LogP contribution in [-0.2, 0) is 6.42 Å². The monoisotopic (exact) mass is 365 g/mol. The Morgan fingerprint density at radius 1 is 0.950 bits per heavy atom. The molecule has 1 aromatic heterocycles. The van der Waals surface area contributed by atoms with E-state index in [1.807, 2.05) is 42.5 Å². The van der Waals surface area contributed by atoms with Gasteiger partial charge in [-0.15, -0.1) is 0 Å². The van der Waals surface area contributed by atoms with Gasteiger partial charge in [-0.25, -0.2) is 4.98 Å². The lowest BCUT2D eigenvalue weighted by molar-refractivity contribution is 1.17. The number of nitrogens with zero attached hydrogens (tertiary/aromatic N) is 1. The van der Waals surface area contributed by atoms with Crippen LogP contribution in [0.3, 0.4) is 0 Å². The highest BCUT2D eigenvalue weighted by atomic mass is 79.9. The van der Waals surface area contributed by atoms with Crippen molar-refractivity contribution in [2.24, 2.45) is 0 Å². The summed E-state index contributed by atoms with van der Waals surface area (Å²) in [4.78, 5) is 4.44. The molecule has 3 rings (SSSR count). The highest BCUT2D eigenvalue weighted by Crippen LogP contribution is 2.27. The fourth-order valence-electron chi connectivity index (χ4n) is 2.14. The maximum atomic E-state index is 6.28. The summed E-state index contributed by atoms with van der Waals surface area (Å²) in [6, 6.07) is 15.8. The third-order valence-corrected chi connectivity index (χ3v) is 4.33. The summed E-state index contributed by atoms with van der Waals surface area (Å²) >= 11 is 16.0. The topological polar surface area (TPSA) is 12.9 Å². The van der Waals surface area contributed by atoms with Crippen LogP contribution in [0.25, 0.3) is 10.9 Å². The van der Waals surface area contributed by atoms with Gasteiger partial charge in [0.1, 0.15) is 5.15 Å². The molecule has 0 N–H and O–H groups in total. The maximum Gasteiger partial charge on any atom is 0.133 e. The SMILES string of the molecule is Clc1ccccc1Cc1cc2cc(Br)ccc2nc1Cl. The Balaban J connectivity index is 2.07. The standard InChI is InChI=1S/C16H10BrCl2N/c17-13-5-6-15-11(9-13)8-12(16(19)20-15)7-10-3-1-2-4-14(10)18/h1-6,8-9H,7H2. The Kier molecular flexibility index (Phi) is 3.97. The second-order valence-electron chi connectivity index (χ2n) is 4.54. The quantitative estimate of drug-likeness (QED) is 0.515. The van der Waals surface area contributed by atoms with E-state index in [4.69, 9.17) is 23.2 Å². The summed E-state index contributed by atoms with van der Waals surface area (Å²) in [7, 11) is 0. The predicted molar refractivity (Wildman–Crippen MR) is 88.7 cm³/mol. The number of benzene rings is 2. The van der Waals surface area contributed by atoms with Crippen molar-refractivity contribution in [2.75, 3.05) is 0 Å². The first kappa shape index (κ1) is 13.9. The summed E-state index contributed by atoms with van der Waals surface area (Å²) in [5.74, 6) is 0. The molecule has 0 saturated heterocycles. The molecular formula is C16H10BrCl2N. The van der Waals surface area contributed by atoms with Gasteiger partial charge in [-0.3, -0.25) is 0 Å². The number of halogens is 3. The summed E-state index contributed by atoms with van der Waals surface area (Å²) < 4.78 is 1.03. The Morgan fingerprint density at radius 3 is 2.55 bits per heavy atom. The van der Waals surface area contributed by atoms with Crippen molar-refractivity contribution in [1.82, 2.24) is 4.98 Å². The van der Waals surface area contributed by atoms with Crippen molar-refractivity contribution in [3.63, 3.8) is 0 Å². The van der Waals surface area contributed by atoms with Crippen LogP contribution >= 0.6 is 39.1 Å². The largest absolute Gasteiger partial charge is 0.236 e. The fourth-order valence-corrected chi connectivity index (χ4v) is 2.93. The highest BCUT2D eigenvalue weighted by molar-refractivity contribution is 9.10. The van der Waals surface area contributed by atoms with Gasteiger partial charge in [-0.05, 0) is 41.5 Å². The van der Waals surface area contributed by atoms with Crippen molar-refractivity contribution in [2.45, 2.75) is 6.42 Å². The van der Waals surface area contributed by atoms with Gasteiger partial charge in [0, 0.05) is 21.3 Å². The molecule has 100 valence electrons. The fraction of sp³-hybridized carbons (Fsp3) is 0.0625. The van der Waals surface area contributed by atoms with E-state index in [-0.39, 0.29) is 0 Å². The number of aromatic nitrogens is 1. The van der Waals surface area contributed by atoms with Gasteiger partial charge in [-0.2, -0.15) is 0 Å². The van der Waals surface area contributed by atoms with Crippen LogP contribution in [0.4, 0.5) is 0 Å². The van der Waals surface area contributed by atoms with Gasteiger partial charge in [0.15, 0.2) is 0 Å². The molecule has 0 aliphatic rings. The Morgan fingerprint density at radius 2 is 1.75 bits per heavy atom. The van der Waals surface area contributed by atoms with Gasteiger partial charge in [0.25, 0.3) is 0 Å². The van der Waals surface area contributed by atoms with Gasteiger partial charge < -0.3 is 0 Å². The third kappa shape index (κ3) is 2.83. The van der Waals surface area contributed by atoms with E-state index in [1.165, 1.54) is 0 Å². The van der Waals surface area contributed by atoms with Crippen molar-refractivity contribution in [1.29, 1.82) is 0 Å². The van der Waals surface area contributed by atoms with Crippen LogP contribution in [0.15, 0.2) is 53.0 Å². The molecule has 0 spiro atoms. The van der Waals surface area contributed by atoms with Gasteiger partial charge in [-0.1, -0.05) is 57.3 Å². The normalized spacial score (nSPS) is 10.9. The lowest BCUT2D eigenvalue weighted by Gasteiger charge is -2.08. The molecule has 3 aromatic rings. The van der Waals surface area contributed by atoms with E-state index in [0.29, 0.717) is 11.6 Å². The highest BCUT2D eigenvalue weighted by Gasteiger charge is 2.08. The predicted octanol–water partition coefficient (Wildman–Crippen LogP) is 5.89. The second kappa shape index (κ2) is 5.72. The Labute approximate surface area is 135 Å². The van der Waals surface area contributed by atoms with Crippen LogP contribution in [0.2, 0.25) is 10.2 Å². The Bertz CT molecular complexity index is 787. The smallest absolute Gasteiger partial charge is 0.133 e. The number of hydrogen-bond acceptors (Lipinski definition) is 1. The van der Waals surface area contributed by atoms with Crippen LogP contribution in [-0.4, -0.2) is 4.98 Å². The lowest BCUT2D eigenvalue weighted by atomic mass is 10.0. The molecule has 0 aliphatic heterocycles. The third-order valence-electron chi connectivity index (χ3n) is 3.14. The molecule has 20 heavy (non-hydrogen) atoms. The van der Waals surface area contributed by atoms with Gasteiger partial charge in [0.05, 0.1) is 5.52 Å². The molecule has 0 atom stereocenters. The average Bonchev–Trinajstić information content (AvgIpc) is 2.42.